The van der Waals surface area contributed by atoms with Gasteiger partial charge in [-0.2, -0.15) is 4.98 Å². The number of benzene rings is 2. The van der Waals surface area contributed by atoms with Crippen molar-refractivity contribution in [2.75, 3.05) is 6.61 Å². The molecule has 3 rings (SSSR count). The fraction of sp³-hybridized carbons (Fsp3) is 0.176. The fourth-order valence-corrected chi connectivity index (χ4v) is 2.54. The molecule has 0 atom stereocenters. The molecule has 0 N–H and O–H groups in total. The van der Waals surface area contributed by atoms with Gasteiger partial charge in [0.25, 0.3) is 0 Å². The second kappa shape index (κ2) is 7.62. The van der Waals surface area contributed by atoms with Gasteiger partial charge in [-0.25, -0.2) is 0 Å². The van der Waals surface area contributed by atoms with E-state index < -0.39 is 0 Å². The van der Waals surface area contributed by atoms with Gasteiger partial charge in [-0.1, -0.05) is 44.8 Å². The predicted octanol–water partition coefficient (Wildman–Crippen LogP) is 5.16. The third kappa shape index (κ3) is 4.33. The van der Waals surface area contributed by atoms with Gasteiger partial charge >= 0.3 is 0 Å². The molecule has 1 heterocycles. The maximum atomic E-state index is 6.13. The van der Waals surface area contributed by atoms with Crippen LogP contribution in [0.4, 0.5) is 0 Å². The summed E-state index contributed by atoms with van der Waals surface area (Å²) in [6.07, 6.45) is 1.45. The van der Waals surface area contributed by atoms with E-state index in [4.69, 9.17) is 20.9 Å². The molecule has 1 aromatic heterocycles. The minimum atomic E-state index is 0.513. The summed E-state index contributed by atoms with van der Waals surface area (Å²) in [5.74, 6) is 1.94. The molecule has 0 fully saturated rings. The van der Waals surface area contributed by atoms with E-state index >= 15 is 0 Å². The van der Waals surface area contributed by atoms with Crippen LogP contribution in [-0.2, 0) is 6.42 Å². The predicted molar refractivity (Wildman–Crippen MR) is 92.7 cm³/mol. The molecule has 0 saturated carbocycles. The van der Waals surface area contributed by atoms with Gasteiger partial charge in [0.1, 0.15) is 5.75 Å². The third-order valence-corrected chi connectivity index (χ3v) is 4.06. The van der Waals surface area contributed by atoms with Crippen LogP contribution < -0.4 is 4.74 Å². The Morgan fingerprint density at radius 2 is 1.87 bits per heavy atom. The van der Waals surface area contributed by atoms with E-state index in [0.717, 1.165) is 22.2 Å². The van der Waals surface area contributed by atoms with Crippen LogP contribution in [-0.4, -0.2) is 16.7 Å². The lowest BCUT2D eigenvalue weighted by Crippen LogP contribution is -1.99. The highest BCUT2D eigenvalue weighted by atomic mass is 79.9. The van der Waals surface area contributed by atoms with Crippen molar-refractivity contribution in [2.24, 2.45) is 0 Å². The lowest BCUT2D eigenvalue weighted by atomic mass is 10.2. The number of halogens is 2. The topological polar surface area (TPSA) is 48.2 Å². The van der Waals surface area contributed by atoms with Gasteiger partial charge in [0.15, 0.2) is 0 Å². The van der Waals surface area contributed by atoms with Crippen molar-refractivity contribution >= 4 is 27.5 Å². The Kier molecular flexibility index (Phi) is 5.31. The molecule has 23 heavy (non-hydrogen) atoms. The summed E-state index contributed by atoms with van der Waals surface area (Å²) in [5, 5.41) is 4.59. The normalized spacial score (nSPS) is 10.7. The minimum absolute atomic E-state index is 0.513. The SMILES string of the molecule is Clc1ccccc1-c1noc(CCCOc2ccc(Br)cc2)n1. The second-order valence-electron chi connectivity index (χ2n) is 4.90. The molecule has 0 aliphatic carbocycles. The molecular formula is C17H14BrClN2O2. The average molecular weight is 394 g/mol. The van der Waals surface area contributed by atoms with E-state index in [-0.39, 0.29) is 0 Å². The summed E-state index contributed by atoms with van der Waals surface area (Å²) in [5.41, 5.74) is 0.773. The van der Waals surface area contributed by atoms with Gasteiger partial charge in [-0.05, 0) is 42.8 Å². The summed E-state index contributed by atoms with van der Waals surface area (Å²) in [4.78, 5) is 4.37. The van der Waals surface area contributed by atoms with Crippen LogP contribution in [0.15, 0.2) is 57.5 Å². The first-order valence-corrected chi connectivity index (χ1v) is 8.35. The Bertz CT molecular complexity index is 774. The molecule has 0 aliphatic heterocycles. The van der Waals surface area contributed by atoms with E-state index in [1.807, 2.05) is 42.5 Å². The highest BCUT2D eigenvalue weighted by molar-refractivity contribution is 9.10. The number of nitrogens with zero attached hydrogens (tertiary/aromatic N) is 2. The maximum Gasteiger partial charge on any atom is 0.227 e. The number of rotatable bonds is 6. The summed E-state index contributed by atoms with van der Waals surface area (Å²) in [6.45, 7) is 0.589. The van der Waals surface area contributed by atoms with Crippen molar-refractivity contribution < 1.29 is 9.26 Å². The van der Waals surface area contributed by atoms with Crippen LogP contribution in [0.1, 0.15) is 12.3 Å². The molecule has 3 aromatic rings. The van der Waals surface area contributed by atoms with Crippen molar-refractivity contribution in [2.45, 2.75) is 12.8 Å². The molecule has 0 amide bonds. The first-order chi connectivity index (χ1) is 11.2. The summed E-state index contributed by atoms with van der Waals surface area (Å²) >= 11 is 9.52. The van der Waals surface area contributed by atoms with Crippen LogP contribution >= 0.6 is 27.5 Å². The molecule has 118 valence electrons. The molecule has 0 spiro atoms. The van der Waals surface area contributed by atoms with Gasteiger partial charge in [0.05, 0.1) is 11.6 Å². The van der Waals surface area contributed by atoms with Crippen LogP contribution in [0.2, 0.25) is 5.02 Å². The van der Waals surface area contributed by atoms with Crippen molar-refractivity contribution in [1.29, 1.82) is 0 Å². The molecule has 0 radical (unpaired) electrons. The molecule has 4 nitrogen and oxygen atoms in total. The quantitative estimate of drug-likeness (QED) is 0.542. The molecule has 0 saturated heterocycles. The smallest absolute Gasteiger partial charge is 0.227 e. The fourth-order valence-electron chi connectivity index (χ4n) is 2.05. The van der Waals surface area contributed by atoms with E-state index in [0.29, 0.717) is 29.8 Å². The Morgan fingerprint density at radius 1 is 1.09 bits per heavy atom. The van der Waals surface area contributed by atoms with Crippen LogP contribution in [0, 0.1) is 0 Å². The number of aromatic nitrogens is 2. The standard InChI is InChI=1S/C17H14BrClN2O2/c18-12-7-9-13(10-8-12)22-11-3-6-16-20-17(21-23-16)14-4-1-2-5-15(14)19/h1-2,4-5,7-10H,3,6,11H2. The Morgan fingerprint density at radius 3 is 2.65 bits per heavy atom. The zero-order valence-corrected chi connectivity index (χ0v) is 14.5. The van der Waals surface area contributed by atoms with Crippen molar-refractivity contribution in [1.82, 2.24) is 10.1 Å². The van der Waals surface area contributed by atoms with Crippen molar-refractivity contribution in [3.8, 4) is 17.1 Å². The summed E-state index contributed by atoms with van der Waals surface area (Å²) in [6, 6.07) is 15.2. The van der Waals surface area contributed by atoms with Crippen LogP contribution in [0.3, 0.4) is 0 Å². The Labute approximate surface area is 147 Å². The number of aryl methyl sites for hydroxylation is 1. The Hall–Kier alpha value is -1.85. The molecule has 0 unspecified atom stereocenters. The molecule has 6 heteroatoms. The lowest BCUT2D eigenvalue weighted by molar-refractivity contribution is 0.298. The zero-order chi connectivity index (χ0) is 16.1. The highest BCUT2D eigenvalue weighted by Gasteiger charge is 2.11. The first-order valence-electron chi connectivity index (χ1n) is 7.18. The summed E-state index contributed by atoms with van der Waals surface area (Å²) < 4.78 is 12.0. The lowest BCUT2D eigenvalue weighted by Gasteiger charge is -2.04. The van der Waals surface area contributed by atoms with E-state index in [1.165, 1.54) is 0 Å². The minimum Gasteiger partial charge on any atom is -0.494 e. The molecule has 0 bridgehead atoms. The van der Waals surface area contributed by atoms with Gasteiger partial charge in [-0.15, -0.1) is 0 Å². The van der Waals surface area contributed by atoms with Crippen LogP contribution in [0.25, 0.3) is 11.4 Å². The molecule has 2 aromatic carbocycles. The number of hydrogen-bond acceptors (Lipinski definition) is 4. The monoisotopic (exact) mass is 392 g/mol. The highest BCUT2D eigenvalue weighted by Crippen LogP contribution is 2.25. The van der Waals surface area contributed by atoms with Gasteiger partial charge in [0, 0.05) is 16.5 Å². The molecular weight excluding hydrogens is 380 g/mol. The van der Waals surface area contributed by atoms with E-state index in [9.17, 15) is 0 Å². The second-order valence-corrected chi connectivity index (χ2v) is 6.22. The summed E-state index contributed by atoms with van der Waals surface area (Å²) in [7, 11) is 0. The van der Waals surface area contributed by atoms with Gasteiger partial charge < -0.3 is 9.26 Å². The largest absolute Gasteiger partial charge is 0.494 e. The zero-order valence-electron chi connectivity index (χ0n) is 12.2. The van der Waals surface area contributed by atoms with Crippen molar-refractivity contribution in [3.05, 3.63) is 63.9 Å². The average Bonchev–Trinajstić information content (AvgIpc) is 3.02. The van der Waals surface area contributed by atoms with Gasteiger partial charge in [0.2, 0.25) is 11.7 Å². The number of ether oxygens (including phenoxy) is 1. The number of hydrogen-bond donors (Lipinski definition) is 0. The van der Waals surface area contributed by atoms with Gasteiger partial charge in [-0.3, -0.25) is 0 Å². The third-order valence-electron chi connectivity index (χ3n) is 3.20. The maximum absolute atomic E-state index is 6.13. The van der Waals surface area contributed by atoms with E-state index in [1.54, 1.807) is 6.07 Å². The molecule has 0 aliphatic rings. The Balaban J connectivity index is 1.52. The van der Waals surface area contributed by atoms with E-state index in [2.05, 4.69) is 26.1 Å². The van der Waals surface area contributed by atoms with Crippen molar-refractivity contribution in [3.63, 3.8) is 0 Å². The van der Waals surface area contributed by atoms with Crippen LogP contribution in [0.5, 0.6) is 5.75 Å². The first kappa shape index (κ1) is 16.0.